The van der Waals surface area contributed by atoms with Crippen LogP contribution < -0.4 is 18.9 Å². The summed E-state index contributed by atoms with van der Waals surface area (Å²) in [5.74, 6) is 3.13. The van der Waals surface area contributed by atoms with E-state index >= 15 is 0 Å². The van der Waals surface area contributed by atoms with Gasteiger partial charge in [0.25, 0.3) is 0 Å². The van der Waals surface area contributed by atoms with Crippen LogP contribution in [0.15, 0.2) is 60.7 Å². The minimum absolute atomic E-state index is 0.00740. The van der Waals surface area contributed by atoms with E-state index in [-0.39, 0.29) is 23.6 Å². The molecule has 0 spiro atoms. The van der Waals surface area contributed by atoms with Crippen molar-refractivity contribution in [1.29, 1.82) is 0 Å². The van der Waals surface area contributed by atoms with Gasteiger partial charge in [0.2, 0.25) is 5.75 Å². The standard InChI is InChI=1S/C36H38N2O6/c1-37-13-11-23-18-32(41-3)33-19-26(23)28(37)16-22-7-10-30(39)31(17-22)43-24-8-5-21(6-9-24)15-29-27-20-34(44-33)35(40)36(42-4)25(27)12-14-38(29)2/h5-10,17-20,28-29,39-40H,11-16H2,1-4H3. The highest BCUT2D eigenvalue weighted by Crippen LogP contribution is 2.50. The minimum atomic E-state index is -0.00740. The zero-order chi connectivity index (χ0) is 30.5. The lowest BCUT2D eigenvalue weighted by molar-refractivity contribution is 0.224. The molecule has 228 valence electrons. The van der Waals surface area contributed by atoms with Crippen molar-refractivity contribution >= 4 is 0 Å². The van der Waals surface area contributed by atoms with Gasteiger partial charge in [-0.05, 0) is 110 Å². The predicted molar refractivity (Wildman–Crippen MR) is 168 cm³/mol. The van der Waals surface area contributed by atoms with Crippen molar-refractivity contribution in [3.05, 3.63) is 94.0 Å². The molecule has 0 aromatic heterocycles. The van der Waals surface area contributed by atoms with E-state index < -0.39 is 0 Å². The van der Waals surface area contributed by atoms with Crippen LogP contribution in [0.2, 0.25) is 0 Å². The molecule has 4 aromatic carbocycles. The maximum absolute atomic E-state index is 11.5. The van der Waals surface area contributed by atoms with Crippen LogP contribution in [0.25, 0.3) is 0 Å². The van der Waals surface area contributed by atoms with E-state index in [1.54, 1.807) is 20.3 Å². The van der Waals surface area contributed by atoms with E-state index in [4.69, 9.17) is 18.9 Å². The van der Waals surface area contributed by atoms with Crippen molar-refractivity contribution < 1.29 is 29.2 Å². The number of fused-ring (bicyclic) bond motifs is 2. The molecule has 0 fully saturated rings. The molecular weight excluding hydrogens is 556 g/mol. The molecule has 4 aliphatic rings. The zero-order valence-corrected chi connectivity index (χ0v) is 25.6. The molecule has 2 atom stereocenters. The zero-order valence-electron chi connectivity index (χ0n) is 25.6. The normalized spacial score (nSPS) is 19.6. The average molecular weight is 595 g/mol. The number of hydrogen-bond acceptors (Lipinski definition) is 8. The molecule has 8 nitrogen and oxygen atoms in total. The smallest absolute Gasteiger partial charge is 0.201 e. The maximum Gasteiger partial charge on any atom is 0.201 e. The molecular formula is C36H38N2O6. The van der Waals surface area contributed by atoms with Crippen molar-refractivity contribution in [2.24, 2.45) is 0 Å². The summed E-state index contributed by atoms with van der Waals surface area (Å²) in [4.78, 5) is 4.67. The molecule has 0 saturated heterocycles. The molecule has 8 rings (SSSR count). The molecule has 0 saturated carbocycles. The van der Waals surface area contributed by atoms with Crippen molar-refractivity contribution in [2.45, 2.75) is 37.8 Å². The summed E-state index contributed by atoms with van der Waals surface area (Å²) in [5.41, 5.74) is 6.59. The van der Waals surface area contributed by atoms with Crippen LogP contribution in [-0.4, -0.2) is 61.4 Å². The molecule has 4 aromatic rings. The number of hydrogen-bond donors (Lipinski definition) is 2. The number of benzene rings is 4. The van der Waals surface area contributed by atoms with Crippen LogP contribution in [0.3, 0.4) is 0 Å². The van der Waals surface area contributed by atoms with Crippen molar-refractivity contribution in [3.63, 3.8) is 0 Å². The fourth-order valence-corrected chi connectivity index (χ4v) is 6.98. The van der Waals surface area contributed by atoms with Gasteiger partial charge in [0, 0.05) is 30.7 Å². The second-order valence-corrected chi connectivity index (χ2v) is 12.1. The number of phenolic OH excluding ortho intramolecular Hbond substituents is 2. The Morgan fingerprint density at radius 3 is 2.14 bits per heavy atom. The molecule has 0 aliphatic carbocycles. The van der Waals surface area contributed by atoms with Crippen molar-refractivity contribution in [1.82, 2.24) is 9.80 Å². The SMILES string of the molecule is COc1cc2c3cc1Oc1cc4c(c(OC)c1O)CCN(C)C4Cc1ccc(cc1)Oc1cc(ccc1O)CC3N(C)CC2. The van der Waals surface area contributed by atoms with Gasteiger partial charge in [-0.2, -0.15) is 0 Å². The number of phenols is 2. The summed E-state index contributed by atoms with van der Waals surface area (Å²) in [5, 5.41) is 22.1. The van der Waals surface area contributed by atoms with E-state index in [9.17, 15) is 10.2 Å². The highest BCUT2D eigenvalue weighted by molar-refractivity contribution is 5.62. The molecule has 44 heavy (non-hydrogen) atoms. The van der Waals surface area contributed by atoms with Gasteiger partial charge in [-0.15, -0.1) is 0 Å². The van der Waals surface area contributed by atoms with Gasteiger partial charge in [0.15, 0.2) is 34.5 Å². The lowest BCUT2D eigenvalue weighted by Gasteiger charge is -2.36. The highest BCUT2D eigenvalue weighted by atomic mass is 16.5. The van der Waals surface area contributed by atoms with Crippen molar-refractivity contribution in [2.75, 3.05) is 41.4 Å². The van der Waals surface area contributed by atoms with Crippen LogP contribution in [0.4, 0.5) is 0 Å². The predicted octanol–water partition coefficient (Wildman–Crippen LogP) is 6.56. The second-order valence-electron chi connectivity index (χ2n) is 12.1. The summed E-state index contributed by atoms with van der Waals surface area (Å²) < 4.78 is 24.4. The summed E-state index contributed by atoms with van der Waals surface area (Å²) in [6, 6.07) is 19.8. The number of aromatic hydroxyl groups is 2. The largest absolute Gasteiger partial charge is 0.504 e. The average Bonchev–Trinajstić information content (AvgIpc) is 3.02. The second kappa shape index (κ2) is 11.3. The van der Waals surface area contributed by atoms with E-state index in [0.29, 0.717) is 40.9 Å². The minimum Gasteiger partial charge on any atom is -0.504 e. The van der Waals surface area contributed by atoms with E-state index in [2.05, 4.69) is 48.2 Å². The van der Waals surface area contributed by atoms with E-state index in [1.807, 2.05) is 30.3 Å². The first-order valence-electron chi connectivity index (χ1n) is 15.1. The Morgan fingerprint density at radius 1 is 0.705 bits per heavy atom. The van der Waals surface area contributed by atoms with Crippen LogP contribution in [-0.2, 0) is 25.7 Å². The first-order chi connectivity index (χ1) is 21.3. The van der Waals surface area contributed by atoms with E-state index in [1.165, 1.54) is 5.56 Å². The molecule has 2 N–H and O–H groups in total. The summed E-state index contributed by atoms with van der Waals surface area (Å²) in [6.07, 6.45) is 3.08. The quantitative estimate of drug-likeness (QED) is 0.270. The molecule has 4 heterocycles. The van der Waals surface area contributed by atoms with Gasteiger partial charge >= 0.3 is 0 Å². The Morgan fingerprint density at radius 2 is 1.39 bits per heavy atom. The number of ether oxygens (including phenoxy) is 4. The number of methoxy groups -OCH3 is 2. The van der Waals surface area contributed by atoms with Gasteiger partial charge < -0.3 is 29.2 Å². The summed E-state index contributed by atoms with van der Waals surface area (Å²) in [7, 11) is 7.49. The Kier molecular flexibility index (Phi) is 7.26. The van der Waals surface area contributed by atoms with Gasteiger partial charge in [0.05, 0.1) is 14.2 Å². The van der Waals surface area contributed by atoms with Crippen LogP contribution in [0, 0.1) is 0 Å². The third kappa shape index (κ3) is 4.98. The molecule has 2 unspecified atom stereocenters. The van der Waals surface area contributed by atoms with Gasteiger partial charge in [-0.3, -0.25) is 9.80 Å². The first kappa shape index (κ1) is 28.4. The van der Waals surface area contributed by atoms with Crippen LogP contribution in [0.5, 0.6) is 46.0 Å². The van der Waals surface area contributed by atoms with Gasteiger partial charge in [-0.25, -0.2) is 0 Å². The topological polar surface area (TPSA) is 83.9 Å². The molecule has 8 bridgehead atoms. The van der Waals surface area contributed by atoms with Gasteiger partial charge in [0.1, 0.15) is 5.75 Å². The summed E-state index contributed by atoms with van der Waals surface area (Å²) >= 11 is 0. The fourth-order valence-electron chi connectivity index (χ4n) is 6.98. The van der Waals surface area contributed by atoms with Gasteiger partial charge in [-0.1, -0.05) is 18.2 Å². The lowest BCUT2D eigenvalue weighted by atomic mass is 9.87. The Balaban J connectivity index is 1.42. The Labute approximate surface area is 258 Å². The Bertz CT molecular complexity index is 1720. The first-order valence-corrected chi connectivity index (χ1v) is 15.1. The third-order valence-electron chi connectivity index (χ3n) is 9.47. The number of nitrogens with zero attached hydrogens (tertiary/aromatic N) is 2. The van der Waals surface area contributed by atoms with Crippen LogP contribution >= 0.6 is 0 Å². The molecule has 0 radical (unpaired) electrons. The maximum atomic E-state index is 11.5. The highest BCUT2D eigenvalue weighted by Gasteiger charge is 2.32. The molecule has 4 aliphatic heterocycles. The third-order valence-corrected chi connectivity index (χ3v) is 9.47. The number of rotatable bonds is 2. The lowest BCUT2D eigenvalue weighted by Crippen LogP contribution is -2.33. The fraction of sp³-hybridized carbons (Fsp3) is 0.333. The van der Waals surface area contributed by atoms with Crippen molar-refractivity contribution in [3.8, 4) is 46.0 Å². The molecule has 8 heteroatoms. The van der Waals surface area contributed by atoms with E-state index in [0.717, 1.165) is 60.2 Å². The molecule has 0 amide bonds. The van der Waals surface area contributed by atoms with Crippen LogP contribution in [0.1, 0.15) is 45.5 Å². The summed E-state index contributed by atoms with van der Waals surface area (Å²) in [6.45, 7) is 1.73. The number of likely N-dealkylation sites (N-methyl/N-ethyl adjacent to an activating group) is 2. The monoisotopic (exact) mass is 594 g/mol. The Hall–Kier alpha value is -4.40.